The summed E-state index contributed by atoms with van der Waals surface area (Å²) in [6, 6.07) is 10.1. The number of hydrogen-bond donors (Lipinski definition) is 1. The molecule has 0 bridgehead atoms. The van der Waals surface area contributed by atoms with Crippen molar-refractivity contribution in [3.8, 4) is 10.7 Å². The lowest BCUT2D eigenvalue weighted by Gasteiger charge is -2.16. The molecule has 4 rings (SSSR count). The van der Waals surface area contributed by atoms with Crippen LogP contribution in [0.4, 0.5) is 0 Å². The van der Waals surface area contributed by atoms with Crippen LogP contribution < -0.4 is 5.73 Å². The molecule has 0 spiro atoms. The number of likely N-dealkylation sites (tertiary alicyclic amines) is 1. The average molecular weight is 438 g/mol. The number of aromatic nitrogens is 3. The zero-order chi connectivity index (χ0) is 17.9. The van der Waals surface area contributed by atoms with Gasteiger partial charge in [-0.2, -0.15) is 0 Å². The van der Waals surface area contributed by atoms with Crippen molar-refractivity contribution in [3.05, 3.63) is 65.6 Å². The first kappa shape index (κ1) is 22.2. The maximum atomic E-state index is 12.7. The maximum absolute atomic E-state index is 12.7. The van der Waals surface area contributed by atoms with E-state index in [0.717, 1.165) is 16.4 Å². The minimum absolute atomic E-state index is 0. The lowest BCUT2D eigenvalue weighted by atomic mass is 9.95. The van der Waals surface area contributed by atoms with Gasteiger partial charge in [-0.25, -0.2) is 4.98 Å². The van der Waals surface area contributed by atoms with E-state index in [-0.39, 0.29) is 49.1 Å². The quantitative estimate of drug-likeness (QED) is 0.677. The van der Waals surface area contributed by atoms with Gasteiger partial charge in [0, 0.05) is 42.8 Å². The molecule has 0 saturated carbocycles. The molecule has 2 atom stereocenters. The predicted molar refractivity (Wildman–Crippen MR) is 115 cm³/mol. The molecule has 3 heterocycles. The van der Waals surface area contributed by atoms with Gasteiger partial charge in [0.1, 0.15) is 10.7 Å². The van der Waals surface area contributed by atoms with Crippen LogP contribution in [0.15, 0.2) is 54.3 Å². The van der Waals surface area contributed by atoms with Crippen LogP contribution in [0.5, 0.6) is 0 Å². The molecule has 1 aliphatic rings. The molecule has 0 radical (unpaired) electrons. The molecule has 2 aromatic heterocycles. The molecule has 6 nitrogen and oxygen atoms in total. The molecule has 1 saturated heterocycles. The molecule has 148 valence electrons. The van der Waals surface area contributed by atoms with E-state index in [1.165, 1.54) is 16.9 Å². The largest absolute Gasteiger partial charge is 0.340 e. The number of carbonyl (C=O) groups is 1. The Morgan fingerprint density at radius 3 is 2.68 bits per heavy atom. The highest BCUT2D eigenvalue weighted by molar-refractivity contribution is 7.13. The number of carbonyl (C=O) groups excluding carboxylic acids is 1. The number of amides is 1. The molecule has 28 heavy (non-hydrogen) atoms. The summed E-state index contributed by atoms with van der Waals surface area (Å²) in [5.74, 6) is 0.251. The van der Waals surface area contributed by atoms with Crippen molar-refractivity contribution >= 4 is 42.1 Å². The summed E-state index contributed by atoms with van der Waals surface area (Å²) in [5, 5.41) is 2.69. The Labute approximate surface area is 180 Å². The number of benzene rings is 1. The third-order valence-electron chi connectivity index (χ3n) is 4.61. The van der Waals surface area contributed by atoms with Crippen molar-refractivity contribution in [1.82, 2.24) is 19.9 Å². The van der Waals surface area contributed by atoms with Crippen molar-refractivity contribution in [2.45, 2.75) is 18.4 Å². The fourth-order valence-electron chi connectivity index (χ4n) is 3.27. The van der Waals surface area contributed by atoms with E-state index in [1.54, 1.807) is 18.6 Å². The second kappa shape index (κ2) is 9.93. The highest BCUT2D eigenvalue weighted by Gasteiger charge is 2.33. The van der Waals surface area contributed by atoms with Crippen LogP contribution in [0.3, 0.4) is 0 Å². The number of nitrogens with zero attached hydrogens (tertiary/aromatic N) is 4. The second-order valence-corrected chi connectivity index (χ2v) is 7.25. The first-order valence-electron chi connectivity index (χ1n) is 8.50. The molecule has 2 N–H and O–H groups in total. The summed E-state index contributed by atoms with van der Waals surface area (Å²) in [6.07, 6.45) is 5.22. The highest BCUT2D eigenvalue weighted by atomic mass is 35.5. The summed E-state index contributed by atoms with van der Waals surface area (Å²) >= 11 is 1.48. The lowest BCUT2D eigenvalue weighted by molar-refractivity contribution is -0.129. The molecular formula is C19H21Cl2N5OS. The molecular weight excluding hydrogens is 417 g/mol. The first-order chi connectivity index (χ1) is 12.7. The maximum Gasteiger partial charge on any atom is 0.228 e. The first-order valence-corrected chi connectivity index (χ1v) is 9.38. The third-order valence-corrected chi connectivity index (χ3v) is 5.53. The Balaban J connectivity index is 0.00000140. The molecule has 1 fully saturated rings. The van der Waals surface area contributed by atoms with Crippen molar-refractivity contribution in [3.63, 3.8) is 0 Å². The van der Waals surface area contributed by atoms with E-state index in [2.05, 4.69) is 27.1 Å². The Morgan fingerprint density at radius 1 is 1.18 bits per heavy atom. The van der Waals surface area contributed by atoms with Crippen LogP contribution in [-0.4, -0.2) is 44.9 Å². The Kier molecular flexibility index (Phi) is 7.88. The zero-order valence-corrected chi connectivity index (χ0v) is 17.4. The topological polar surface area (TPSA) is 85.0 Å². The van der Waals surface area contributed by atoms with Gasteiger partial charge in [-0.15, -0.1) is 36.2 Å². The Hall–Kier alpha value is -2.06. The fourth-order valence-corrected chi connectivity index (χ4v) is 4.05. The van der Waals surface area contributed by atoms with Gasteiger partial charge in [0.15, 0.2) is 0 Å². The standard InChI is InChI=1S/C19H19N5OS.2ClH/c20-16-11-24(10-15(16)13-4-2-1-3-5-13)18(25)8-14-12-26-19(23-14)17-9-21-6-7-22-17;;/h1-7,9,12,15-16H,8,10-11,20H2;2*1H/t15-,16+;;/m0../s1. The fraction of sp³-hybridized carbons (Fsp3) is 0.263. The van der Waals surface area contributed by atoms with Crippen molar-refractivity contribution < 1.29 is 4.79 Å². The molecule has 1 amide bonds. The number of nitrogens with two attached hydrogens (primary N) is 1. The summed E-state index contributed by atoms with van der Waals surface area (Å²) in [4.78, 5) is 27.4. The van der Waals surface area contributed by atoms with Crippen LogP contribution in [0.2, 0.25) is 0 Å². The molecule has 1 aromatic carbocycles. The Bertz CT molecular complexity index is 894. The number of thiazole rings is 1. The highest BCUT2D eigenvalue weighted by Crippen LogP contribution is 2.27. The van der Waals surface area contributed by atoms with Gasteiger partial charge in [0.2, 0.25) is 5.91 Å². The van der Waals surface area contributed by atoms with Crippen LogP contribution >= 0.6 is 36.2 Å². The number of rotatable bonds is 4. The summed E-state index contributed by atoms with van der Waals surface area (Å²) in [5.41, 5.74) is 8.97. The normalized spacial score (nSPS) is 18.2. The SMILES string of the molecule is Cl.Cl.N[C@@H]1CN(C(=O)Cc2csc(-c3cnccn3)n2)C[C@H]1c1ccccc1. The summed E-state index contributed by atoms with van der Waals surface area (Å²) in [7, 11) is 0. The smallest absolute Gasteiger partial charge is 0.228 e. The van der Waals surface area contributed by atoms with Gasteiger partial charge >= 0.3 is 0 Å². The molecule has 0 aliphatic carbocycles. The van der Waals surface area contributed by atoms with Crippen molar-refractivity contribution in [2.75, 3.05) is 13.1 Å². The van der Waals surface area contributed by atoms with Crippen molar-refractivity contribution in [1.29, 1.82) is 0 Å². The number of hydrogen-bond acceptors (Lipinski definition) is 6. The van der Waals surface area contributed by atoms with E-state index < -0.39 is 0 Å². The predicted octanol–water partition coefficient (Wildman–Crippen LogP) is 2.94. The van der Waals surface area contributed by atoms with Crippen molar-refractivity contribution in [2.24, 2.45) is 5.73 Å². The minimum atomic E-state index is -0.0352. The molecule has 1 aliphatic heterocycles. The van der Waals surface area contributed by atoms with E-state index in [1.807, 2.05) is 28.5 Å². The Morgan fingerprint density at radius 2 is 1.96 bits per heavy atom. The van der Waals surface area contributed by atoms with E-state index >= 15 is 0 Å². The van der Waals surface area contributed by atoms with Gasteiger partial charge in [0.25, 0.3) is 0 Å². The monoisotopic (exact) mass is 437 g/mol. The average Bonchev–Trinajstić information content (AvgIpc) is 3.30. The van der Waals surface area contributed by atoms with Gasteiger partial charge in [-0.05, 0) is 5.56 Å². The van der Waals surface area contributed by atoms with Crippen LogP contribution in [0.1, 0.15) is 17.2 Å². The second-order valence-electron chi connectivity index (χ2n) is 6.39. The van der Waals surface area contributed by atoms with Gasteiger partial charge in [-0.1, -0.05) is 30.3 Å². The zero-order valence-electron chi connectivity index (χ0n) is 15.0. The number of halogens is 2. The lowest BCUT2D eigenvalue weighted by Crippen LogP contribution is -2.33. The molecule has 0 unspecified atom stereocenters. The van der Waals surface area contributed by atoms with E-state index in [0.29, 0.717) is 13.1 Å². The van der Waals surface area contributed by atoms with E-state index in [9.17, 15) is 4.79 Å². The van der Waals surface area contributed by atoms with Gasteiger partial charge in [-0.3, -0.25) is 14.8 Å². The summed E-state index contributed by atoms with van der Waals surface area (Å²) < 4.78 is 0. The molecule has 9 heteroatoms. The van der Waals surface area contributed by atoms with Crippen LogP contribution in [-0.2, 0) is 11.2 Å². The minimum Gasteiger partial charge on any atom is -0.340 e. The van der Waals surface area contributed by atoms with E-state index in [4.69, 9.17) is 5.73 Å². The van der Waals surface area contributed by atoms with Crippen LogP contribution in [0.25, 0.3) is 10.7 Å². The third kappa shape index (κ3) is 4.86. The molecule has 3 aromatic rings. The van der Waals surface area contributed by atoms with Gasteiger partial charge < -0.3 is 10.6 Å². The summed E-state index contributed by atoms with van der Waals surface area (Å²) in [6.45, 7) is 1.24. The van der Waals surface area contributed by atoms with Crippen LogP contribution in [0, 0.1) is 0 Å². The van der Waals surface area contributed by atoms with Gasteiger partial charge in [0.05, 0.1) is 18.3 Å².